The van der Waals surface area contributed by atoms with E-state index in [1.54, 1.807) is 6.07 Å². The zero-order chi connectivity index (χ0) is 14.5. The van der Waals surface area contributed by atoms with Gasteiger partial charge in [0.05, 0.1) is 0 Å². The Morgan fingerprint density at radius 3 is 2.53 bits per heavy atom. The number of nitrogens with one attached hydrogen (secondary N) is 1. The van der Waals surface area contributed by atoms with Crippen LogP contribution < -0.4 is 5.32 Å². The normalized spacial score (nSPS) is 11.4. The molecule has 1 aromatic rings. The predicted molar refractivity (Wildman–Crippen MR) is 85.3 cm³/mol. The lowest BCUT2D eigenvalue weighted by molar-refractivity contribution is 0.0932. The molecule has 1 N–H and O–H groups in total. The van der Waals surface area contributed by atoms with Gasteiger partial charge >= 0.3 is 0 Å². The first kappa shape index (κ1) is 16.5. The Bertz CT molecular complexity index is 436. The average Bonchev–Trinajstić information content (AvgIpc) is 2.44. The first-order valence-corrected chi connectivity index (χ1v) is 8.09. The van der Waals surface area contributed by atoms with Gasteiger partial charge in [0, 0.05) is 22.5 Å². The van der Waals surface area contributed by atoms with Crippen LogP contribution in [0.4, 0.5) is 0 Å². The molecule has 0 aliphatic carbocycles. The molecule has 0 radical (unpaired) electrons. The third-order valence-corrected chi connectivity index (χ3v) is 5.52. The summed E-state index contributed by atoms with van der Waals surface area (Å²) >= 11 is 9.60. The van der Waals surface area contributed by atoms with Crippen LogP contribution in [0, 0.1) is 12.3 Å². The molecule has 1 amide bonds. The van der Waals surface area contributed by atoms with Gasteiger partial charge in [0.15, 0.2) is 0 Å². The van der Waals surface area contributed by atoms with E-state index >= 15 is 0 Å². The van der Waals surface area contributed by atoms with Gasteiger partial charge in [-0.2, -0.15) is 0 Å². The number of benzene rings is 1. The van der Waals surface area contributed by atoms with E-state index in [-0.39, 0.29) is 11.3 Å². The lowest BCUT2D eigenvalue weighted by Crippen LogP contribution is -2.38. The second-order valence-corrected chi connectivity index (χ2v) is 5.90. The van der Waals surface area contributed by atoms with Gasteiger partial charge in [-0.1, -0.05) is 47.4 Å². The van der Waals surface area contributed by atoms with Gasteiger partial charge in [-0.15, -0.1) is 0 Å². The molecule has 106 valence electrons. The second-order valence-electron chi connectivity index (χ2n) is 4.94. The molecule has 0 bridgehead atoms. The van der Waals surface area contributed by atoms with Crippen molar-refractivity contribution in [3.05, 3.63) is 34.3 Å². The van der Waals surface area contributed by atoms with Crippen molar-refractivity contribution in [2.45, 2.75) is 33.6 Å². The van der Waals surface area contributed by atoms with E-state index in [4.69, 9.17) is 11.6 Å². The maximum Gasteiger partial charge on any atom is 0.251 e. The fraction of sp³-hybridized carbons (Fsp3) is 0.533. The number of hydrogen-bond donors (Lipinski definition) is 1. The number of halogens is 2. The molecule has 4 heteroatoms. The summed E-state index contributed by atoms with van der Waals surface area (Å²) in [6.45, 7) is 6.85. The summed E-state index contributed by atoms with van der Waals surface area (Å²) in [5, 5.41) is 4.55. The minimum Gasteiger partial charge on any atom is -0.351 e. The highest BCUT2D eigenvalue weighted by atomic mass is 79.9. The summed E-state index contributed by atoms with van der Waals surface area (Å²) in [7, 11) is 0. The Morgan fingerprint density at radius 1 is 1.37 bits per heavy atom. The Morgan fingerprint density at radius 2 is 2.00 bits per heavy atom. The number of carbonyl (C=O) groups excluding carboxylic acids is 1. The minimum absolute atomic E-state index is 0.0489. The van der Waals surface area contributed by atoms with Crippen LogP contribution in [0.25, 0.3) is 0 Å². The van der Waals surface area contributed by atoms with Crippen molar-refractivity contribution in [3.8, 4) is 0 Å². The van der Waals surface area contributed by atoms with Crippen LogP contribution in [0.2, 0.25) is 5.02 Å². The molecule has 1 aromatic carbocycles. The number of hydrogen-bond acceptors (Lipinski definition) is 1. The minimum atomic E-state index is -0.0489. The van der Waals surface area contributed by atoms with Crippen molar-refractivity contribution in [1.29, 1.82) is 0 Å². The fourth-order valence-corrected chi connectivity index (χ4v) is 3.12. The maximum absolute atomic E-state index is 12.2. The summed E-state index contributed by atoms with van der Waals surface area (Å²) in [4.78, 5) is 12.2. The van der Waals surface area contributed by atoms with Crippen LogP contribution in [0.5, 0.6) is 0 Å². The van der Waals surface area contributed by atoms with Crippen LogP contribution in [-0.4, -0.2) is 17.8 Å². The standard InChI is InChI=1S/C15H21BrClNO/c1-4-15(5-2,9-16)10-18-14(19)12-7-6-8-13(17)11(12)3/h6-8H,4-5,9-10H2,1-3H3,(H,18,19). The molecule has 0 saturated heterocycles. The van der Waals surface area contributed by atoms with Crippen molar-refractivity contribution in [2.24, 2.45) is 5.41 Å². The summed E-state index contributed by atoms with van der Waals surface area (Å²) < 4.78 is 0. The van der Waals surface area contributed by atoms with E-state index in [9.17, 15) is 4.79 Å². The van der Waals surface area contributed by atoms with Gasteiger partial charge < -0.3 is 5.32 Å². The predicted octanol–water partition coefficient (Wildman–Crippen LogP) is 4.58. The van der Waals surface area contributed by atoms with Gasteiger partial charge in [-0.3, -0.25) is 4.79 Å². The first-order valence-electron chi connectivity index (χ1n) is 6.59. The highest BCUT2D eigenvalue weighted by Crippen LogP contribution is 2.28. The smallest absolute Gasteiger partial charge is 0.251 e. The van der Waals surface area contributed by atoms with Gasteiger partial charge in [-0.25, -0.2) is 0 Å². The van der Waals surface area contributed by atoms with Crippen LogP contribution >= 0.6 is 27.5 Å². The van der Waals surface area contributed by atoms with Crippen molar-refractivity contribution < 1.29 is 4.79 Å². The van der Waals surface area contributed by atoms with Gasteiger partial charge in [0.25, 0.3) is 5.91 Å². The summed E-state index contributed by atoms with van der Waals surface area (Å²) in [5.74, 6) is -0.0489. The fourth-order valence-electron chi connectivity index (χ4n) is 1.95. The van der Waals surface area contributed by atoms with E-state index in [1.165, 1.54) is 0 Å². The highest BCUT2D eigenvalue weighted by Gasteiger charge is 2.25. The summed E-state index contributed by atoms with van der Waals surface area (Å²) in [6.07, 6.45) is 2.06. The van der Waals surface area contributed by atoms with Gasteiger partial charge in [0.2, 0.25) is 0 Å². The van der Waals surface area contributed by atoms with E-state index in [0.717, 1.165) is 23.7 Å². The Kier molecular flexibility index (Phi) is 6.34. The van der Waals surface area contributed by atoms with Crippen LogP contribution in [0.15, 0.2) is 18.2 Å². The molecule has 0 fully saturated rings. The van der Waals surface area contributed by atoms with E-state index in [0.29, 0.717) is 17.1 Å². The zero-order valence-electron chi connectivity index (χ0n) is 11.7. The SMILES string of the molecule is CCC(CC)(CBr)CNC(=O)c1cccc(Cl)c1C. The molecule has 1 rings (SSSR count). The van der Waals surface area contributed by atoms with Crippen LogP contribution in [-0.2, 0) is 0 Å². The molecule has 0 aromatic heterocycles. The summed E-state index contributed by atoms with van der Waals surface area (Å²) in [6, 6.07) is 5.42. The first-order chi connectivity index (χ1) is 8.99. The lowest BCUT2D eigenvalue weighted by Gasteiger charge is -2.29. The molecule has 0 saturated carbocycles. The molecule has 0 heterocycles. The molecule has 0 spiro atoms. The summed E-state index contributed by atoms with van der Waals surface area (Å²) in [5.41, 5.74) is 1.62. The lowest BCUT2D eigenvalue weighted by atomic mass is 9.84. The second kappa shape index (κ2) is 7.30. The molecule has 2 nitrogen and oxygen atoms in total. The Balaban J connectivity index is 2.78. The van der Waals surface area contributed by atoms with Crippen molar-refractivity contribution in [1.82, 2.24) is 5.32 Å². The van der Waals surface area contributed by atoms with Gasteiger partial charge in [0.1, 0.15) is 0 Å². The molecule has 0 unspecified atom stereocenters. The van der Waals surface area contributed by atoms with Crippen molar-refractivity contribution in [3.63, 3.8) is 0 Å². The van der Waals surface area contributed by atoms with Crippen molar-refractivity contribution >= 4 is 33.4 Å². The number of amides is 1. The molecule has 0 aliphatic rings. The molecule has 19 heavy (non-hydrogen) atoms. The Hall–Kier alpha value is -0.540. The number of alkyl halides is 1. The van der Waals surface area contributed by atoms with Crippen molar-refractivity contribution in [2.75, 3.05) is 11.9 Å². The molecular weight excluding hydrogens is 326 g/mol. The maximum atomic E-state index is 12.2. The zero-order valence-corrected chi connectivity index (χ0v) is 14.1. The van der Waals surface area contributed by atoms with E-state index in [1.807, 2.05) is 19.1 Å². The van der Waals surface area contributed by atoms with E-state index in [2.05, 4.69) is 35.1 Å². The molecule has 0 atom stereocenters. The quantitative estimate of drug-likeness (QED) is 0.751. The molecular formula is C15H21BrClNO. The highest BCUT2D eigenvalue weighted by molar-refractivity contribution is 9.09. The Labute approximate surface area is 129 Å². The van der Waals surface area contributed by atoms with E-state index < -0.39 is 0 Å². The van der Waals surface area contributed by atoms with Gasteiger partial charge in [-0.05, 0) is 42.9 Å². The average molecular weight is 347 g/mol. The number of rotatable bonds is 6. The largest absolute Gasteiger partial charge is 0.351 e. The third kappa shape index (κ3) is 3.96. The molecule has 0 aliphatic heterocycles. The topological polar surface area (TPSA) is 29.1 Å². The third-order valence-electron chi connectivity index (χ3n) is 3.92. The van der Waals surface area contributed by atoms with Crippen LogP contribution in [0.1, 0.15) is 42.6 Å². The van der Waals surface area contributed by atoms with Crippen LogP contribution in [0.3, 0.4) is 0 Å². The monoisotopic (exact) mass is 345 g/mol. The number of carbonyl (C=O) groups is 1.